The van der Waals surface area contributed by atoms with Gasteiger partial charge in [-0.2, -0.15) is 0 Å². The van der Waals surface area contributed by atoms with Crippen LogP contribution < -0.4 is 5.32 Å². The van der Waals surface area contributed by atoms with E-state index in [1.807, 2.05) is 0 Å². The third-order valence-electron chi connectivity index (χ3n) is 4.53. The molecule has 1 unspecified atom stereocenters. The van der Waals surface area contributed by atoms with Crippen molar-refractivity contribution in [1.82, 2.24) is 15.1 Å². The molecule has 3 nitrogen and oxygen atoms in total. The van der Waals surface area contributed by atoms with Gasteiger partial charge in [-0.3, -0.25) is 4.90 Å². The maximum atomic E-state index is 3.60. The summed E-state index contributed by atoms with van der Waals surface area (Å²) in [6.45, 7) is 12.3. The van der Waals surface area contributed by atoms with Gasteiger partial charge in [0, 0.05) is 38.3 Å². The molecule has 0 aromatic heterocycles. The first kappa shape index (κ1) is 14.3. The van der Waals surface area contributed by atoms with Crippen LogP contribution in [0.15, 0.2) is 0 Å². The summed E-state index contributed by atoms with van der Waals surface area (Å²) in [5.41, 5.74) is 0. The second kappa shape index (κ2) is 7.46. The summed E-state index contributed by atoms with van der Waals surface area (Å²) in [6, 6.07) is 1.65. The summed E-state index contributed by atoms with van der Waals surface area (Å²) < 4.78 is 0. The quantitative estimate of drug-likeness (QED) is 0.667. The summed E-state index contributed by atoms with van der Waals surface area (Å²) in [5, 5.41) is 3.60. The molecule has 0 aromatic carbocycles. The zero-order chi connectivity index (χ0) is 12.8. The maximum absolute atomic E-state index is 3.60. The lowest BCUT2D eigenvalue weighted by Gasteiger charge is -2.37. The Morgan fingerprint density at radius 1 is 1.11 bits per heavy atom. The Labute approximate surface area is 113 Å². The summed E-state index contributed by atoms with van der Waals surface area (Å²) in [4.78, 5) is 5.29. The van der Waals surface area contributed by atoms with Crippen LogP contribution in [0.25, 0.3) is 0 Å². The number of rotatable bonds is 8. The molecule has 2 rings (SSSR count). The van der Waals surface area contributed by atoms with Crippen molar-refractivity contribution in [2.75, 3.05) is 39.3 Å². The van der Waals surface area contributed by atoms with E-state index in [4.69, 9.17) is 0 Å². The van der Waals surface area contributed by atoms with E-state index in [1.165, 1.54) is 71.4 Å². The molecule has 0 bridgehead atoms. The summed E-state index contributed by atoms with van der Waals surface area (Å²) >= 11 is 0. The third-order valence-corrected chi connectivity index (χ3v) is 4.53. The lowest BCUT2D eigenvalue weighted by atomic mass is 10.2. The highest BCUT2D eigenvalue weighted by atomic mass is 15.3. The summed E-state index contributed by atoms with van der Waals surface area (Å²) in [7, 11) is 0. The fourth-order valence-corrected chi connectivity index (χ4v) is 2.74. The predicted molar refractivity (Wildman–Crippen MR) is 78.0 cm³/mol. The van der Waals surface area contributed by atoms with Gasteiger partial charge in [0.2, 0.25) is 0 Å². The first-order valence-corrected chi connectivity index (χ1v) is 7.99. The van der Waals surface area contributed by atoms with Crippen LogP contribution in [0.1, 0.15) is 46.0 Å². The molecule has 0 aromatic rings. The lowest BCUT2D eigenvalue weighted by Crippen LogP contribution is -2.49. The van der Waals surface area contributed by atoms with E-state index in [9.17, 15) is 0 Å². The van der Waals surface area contributed by atoms with Crippen LogP contribution in [0, 0.1) is 0 Å². The molecule has 1 aliphatic heterocycles. The Kier molecular flexibility index (Phi) is 5.93. The average Bonchev–Trinajstić information content (AvgIpc) is 3.22. The number of piperazine rings is 1. The van der Waals surface area contributed by atoms with Gasteiger partial charge in [0.25, 0.3) is 0 Å². The fourth-order valence-electron chi connectivity index (χ4n) is 2.74. The normalized spacial score (nSPS) is 24.3. The number of nitrogens with one attached hydrogen (secondary N) is 1. The van der Waals surface area contributed by atoms with Crippen LogP contribution in [0.3, 0.4) is 0 Å². The summed E-state index contributed by atoms with van der Waals surface area (Å²) in [5.74, 6) is 0. The highest BCUT2D eigenvalue weighted by Crippen LogP contribution is 2.18. The number of hydrogen-bond acceptors (Lipinski definition) is 3. The van der Waals surface area contributed by atoms with Crippen molar-refractivity contribution in [3.05, 3.63) is 0 Å². The molecule has 0 amide bonds. The summed E-state index contributed by atoms with van der Waals surface area (Å²) in [6.07, 6.45) is 6.83. The van der Waals surface area contributed by atoms with E-state index in [0.29, 0.717) is 0 Å². The van der Waals surface area contributed by atoms with Crippen molar-refractivity contribution < 1.29 is 0 Å². The standard InChI is InChI=1S/C15H31N3/c1-3-14(2)18-12-10-17(11-13-18)9-5-4-8-16-15-6-7-15/h14-16H,3-13H2,1-2H3. The molecule has 1 heterocycles. The highest BCUT2D eigenvalue weighted by Gasteiger charge is 2.20. The lowest BCUT2D eigenvalue weighted by molar-refractivity contribution is 0.0996. The minimum Gasteiger partial charge on any atom is -0.314 e. The third kappa shape index (κ3) is 4.87. The zero-order valence-corrected chi connectivity index (χ0v) is 12.3. The van der Waals surface area contributed by atoms with E-state index in [0.717, 1.165) is 12.1 Å². The van der Waals surface area contributed by atoms with Crippen molar-refractivity contribution in [2.24, 2.45) is 0 Å². The molecule has 18 heavy (non-hydrogen) atoms. The van der Waals surface area contributed by atoms with E-state index < -0.39 is 0 Å². The topological polar surface area (TPSA) is 18.5 Å². The minimum atomic E-state index is 0.773. The smallest absolute Gasteiger partial charge is 0.0113 e. The van der Waals surface area contributed by atoms with Crippen molar-refractivity contribution in [1.29, 1.82) is 0 Å². The van der Waals surface area contributed by atoms with Gasteiger partial charge in [0.15, 0.2) is 0 Å². The van der Waals surface area contributed by atoms with Gasteiger partial charge in [-0.15, -0.1) is 0 Å². The van der Waals surface area contributed by atoms with E-state index in [2.05, 4.69) is 29.0 Å². The van der Waals surface area contributed by atoms with E-state index in [-0.39, 0.29) is 0 Å². The predicted octanol–water partition coefficient (Wildman–Crippen LogP) is 1.93. The van der Waals surface area contributed by atoms with Gasteiger partial charge in [-0.25, -0.2) is 0 Å². The van der Waals surface area contributed by atoms with Gasteiger partial charge >= 0.3 is 0 Å². The molecule has 2 aliphatic rings. The van der Waals surface area contributed by atoms with Crippen molar-refractivity contribution in [2.45, 2.75) is 58.0 Å². The average molecular weight is 253 g/mol. The van der Waals surface area contributed by atoms with Gasteiger partial charge in [0.05, 0.1) is 0 Å². The molecule has 0 radical (unpaired) electrons. The van der Waals surface area contributed by atoms with Crippen molar-refractivity contribution in [3.63, 3.8) is 0 Å². The molecule has 1 saturated carbocycles. The van der Waals surface area contributed by atoms with Crippen molar-refractivity contribution >= 4 is 0 Å². The van der Waals surface area contributed by atoms with Crippen LogP contribution >= 0.6 is 0 Å². The zero-order valence-electron chi connectivity index (χ0n) is 12.3. The molecule has 0 spiro atoms. The van der Waals surface area contributed by atoms with Crippen LogP contribution in [-0.2, 0) is 0 Å². The Hall–Kier alpha value is -0.120. The van der Waals surface area contributed by atoms with Crippen LogP contribution in [0.5, 0.6) is 0 Å². The molecule has 106 valence electrons. The fraction of sp³-hybridized carbons (Fsp3) is 1.00. The minimum absolute atomic E-state index is 0.773. The van der Waals surface area contributed by atoms with E-state index >= 15 is 0 Å². The van der Waals surface area contributed by atoms with Gasteiger partial charge < -0.3 is 10.2 Å². The number of hydrogen-bond donors (Lipinski definition) is 1. The Bertz CT molecular complexity index is 220. The first-order valence-electron chi connectivity index (χ1n) is 7.99. The molecule has 1 aliphatic carbocycles. The Morgan fingerprint density at radius 3 is 2.44 bits per heavy atom. The SMILES string of the molecule is CCC(C)N1CCN(CCCCNC2CC2)CC1. The van der Waals surface area contributed by atoms with Crippen LogP contribution in [-0.4, -0.2) is 61.2 Å². The molecule has 1 N–H and O–H groups in total. The molecular formula is C15H31N3. The van der Waals surface area contributed by atoms with Crippen LogP contribution in [0.4, 0.5) is 0 Å². The van der Waals surface area contributed by atoms with Crippen molar-refractivity contribution in [3.8, 4) is 0 Å². The number of unbranched alkanes of at least 4 members (excludes halogenated alkanes) is 1. The van der Waals surface area contributed by atoms with E-state index in [1.54, 1.807) is 0 Å². The molecule has 1 saturated heterocycles. The van der Waals surface area contributed by atoms with Gasteiger partial charge in [-0.05, 0) is 52.1 Å². The largest absolute Gasteiger partial charge is 0.314 e. The number of nitrogens with zero attached hydrogens (tertiary/aromatic N) is 2. The Balaban J connectivity index is 1.47. The molecular weight excluding hydrogens is 222 g/mol. The molecule has 1 atom stereocenters. The molecule has 2 fully saturated rings. The first-order chi connectivity index (χ1) is 8.79. The van der Waals surface area contributed by atoms with Gasteiger partial charge in [-0.1, -0.05) is 6.92 Å². The molecule has 3 heteroatoms. The monoisotopic (exact) mass is 253 g/mol. The second-order valence-electron chi connectivity index (χ2n) is 6.07. The highest BCUT2D eigenvalue weighted by molar-refractivity contribution is 4.80. The Morgan fingerprint density at radius 2 is 1.83 bits per heavy atom. The second-order valence-corrected chi connectivity index (χ2v) is 6.07. The van der Waals surface area contributed by atoms with Gasteiger partial charge in [0.1, 0.15) is 0 Å². The van der Waals surface area contributed by atoms with Crippen LogP contribution in [0.2, 0.25) is 0 Å². The maximum Gasteiger partial charge on any atom is 0.0113 e.